The van der Waals surface area contributed by atoms with Gasteiger partial charge in [0.2, 0.25) is 0 Å². The van der Waals surface area contributed by atoms with Crippen LogP contribution in [0.3, 0.4) is 0 Å². The monoisotopic (exact) mass is 326 g/mol. The SMILES string of the molecule is C[C@@H]1CCCN(C(=O)c2ccc(-c3ccncc3)[nH]c2=O)[C@@H]1CN. The van der Waals surface area contributed by atoms with Crippen molar-refractivity contribution in [2.45, 2.75) is 25.8 Å². The Morgan fingerprint density at radius 3 is 2.75 bits per heavy atom. The Morgan fingerprint density at radius 2 is 2.08 bits per heavy atom. The number of rotatable bonds is 3. The molecule has 6 nitrogen and oxygen atoms in total. The summed E-state index contributed by atoms with van der Waals surface area (Å²) < 4.78 is 0. The molecular weight excluding hydrogens is 304 g/mol. The summed E-state index contributed by atoms with van der Waals surface area (Å²) in [6.45, 7) is 3.17. The smallest absolute Gasteiger partial charge is 0.261 e. The van der Waals surface area contributed by atoms with Crippen LogP contribution < -0.4 is 11.3 Å². The van der Waals surface area contributed by atoms with Crippen molar-refractivity contribution < 1.29 is 4.79 Å². The third-order valence-corrected chi connectivity index (χ3v) is 4.75. The Kier molecular flexibility index (Phi) is 4.76. The molecule has 126 valence electrons. The summed E-state index contributed by atoms with van der Waals surface area (Å²) >= 11 is 0. The van der Waals surface area contributed by atoms with E-state index in [2.05, 4.69) is 16.9 Å². The Morgan fingerprint density at radius 1 is 1.33 bits per heavy atom. The zero-order valence-electron chi connectivity index (χ0n) is 13.7. The summed E-state index contributed by atoms with van der Waals surface area (Å²) in [5, 5.41) is 0. The third kappa shape index (κ3) is 3.10. The molecule has 3 heterocycles. The number of piperidine rings is 1. The number of nitrogens with two attached hydrogens (primary N) is 1. The highest BCUT2D eigenvalue weighted by Crippen LogP contribution is 2.24. The van der Waals surface area contributed by atoms with E-state index in [9.17, 15) is 9.59 Å². The minimum absolute atomic E-state index is 0.00877. The van der Waals surface area contributed by atoms with E-state index >= 15 is 0 Å². The molecule has 2 aromatic rings. The molecule has 1 amide bonds. The van der Waals surface area contributed by atoms with Crippen molar-refractivity contribution in [3.8, 4) is 11.3 Å². The number of carbonyl (C=O) groups excluding carboxylic acids is 1. The van der Waals surface area contributed by atoms with Gasteiger partial charge in [0.1, 0.15) is 5.56 Å². The lowest BCUT2D eigenvalue weighted by atomic mass is 9.90. The van der Waals surface area contributed by atoms with Gasteiger partial charge in [-0.3, -0.25) is 14.6 Å². The second-order valence-corrected chi connectivity index (χ2v) is 6.27. The molecule has 0 unspecified atom stereocenters. The number of hydrogen-bond donors (Lipinski definition) is 2. The second-order valence-electron chi connectivity index (χ2n) is 6.27. The van der Waals surface area contributed by atoms with Gasteiger partial charge in [-0.15, -0.1) is 0 Å². The quantitative estimate of drug-likeness (QED) is 0.897. The average Bonchev–Trinajstić information content (AvgIpc) is 2.61. The molecule has 3 rings (SSSR count). The molecule has 24 heavy (non-hydrogen) atoms. The number of aromatic amines is 1. The van der Waals surface area contributed by atoms with Crippen molar-refractivity contribution in [2.24, 2.45) is 11.7 Å². The van der Waals surface area contributed by atoms with E-state index in [-0.39, 0.29) is 23.1 Å². The standard InChI is InChI=1S/C18H22N4O2/c1-12-3-2-10-22(16(12)11-19)18(24)14-4-5-15(21-17(14)23)13-6-8-20-9-7-13/h4-9,12,16H,2-3,10-11,19H2,1H3,(H,21,23)/t12-,16-/m1/s1. The zero-order chi connectivity index (χ0) is 17.1. The maximum absolute atomic E-state index is 12.8. The number of nitrogens with zero attached hydrogens (tertiary/aromatic N) is 2. The molecule has 2 atom stereocenters. The minimum atomic E-state index is -0.372. The van der Waals surface area contributed by atoms with Crippen LogP contribution in [0.1, 0.15) is 30.1 Å². The molecular formula is C18H22N4O2. The van der Waals surface area contributed by atoms with Gasteiger partial charge in [0.25, 0.3) is 11.5 Å². The fourth-order valence-corrected chi connectivity index (χ4v) is 3.36. The summed E-state index contributed by atoms with van der Waals surface area (Å²) in [5.74, 6) is 0.113. The van der Waals surface area contributed by atoms with Gasteiger partial charge in [-0.1, -0.05) is 6.92 Å². The van der Waals surface area contributed by atoms with Gasteiger partial charge in [0.05, 0.1) is 0 Å². The van der Waals surface area contributed by atoms with Crippen molar-refractivity contribution in [3.05, 3.63) is 52.6 Å². The maximum atomic E-state index is 12.8. The Balaban J connectivity index is 1.89. The first-order chi connectivity index (χ1) is 11.6. The molecule has 1 aliphatic rings. The van der Waals surface area contributed by atoms with E-state index in [1.807, 2.05) is 12.1 Å². The lowest BCUT2D eigenvalue weighted by Gasteiger charge is -2.39. The van der Waals surface area contributed by atoms with Crippen LogP contribution in [0.15, 0.2) is 41.5 Å². The largest absolute Gasteiger partial charge is 0.334 e. The van der Waals surface area contributed by atoms with Gasteiger partial charge >= 0.3 is 0 Å². The first-order valence-electron chi connectivity index (χ1n) is 8.26. The van der Waals surface area contributed by atoms with Crippen LogP contribution in [0.4, 0.5) is 0 Å². The van der Waals surface area contributed by atoms with Crippen LogP contribution in [-0.4, -0.2) is 39.9 Å². The van der Waals surface area contributed by atoms with E-state index in [1.165, 1.54) is 0 Å². The molecule has 0 aliphatic carbocycles. The second kappa shape index (κ2) is 6.97. The summed E-state index contributed by atoms with van der Waals surface area (Å²) in [4.78, 5) is 33.8. The lowest BCUT2D eigenvalue weighted by Crippen LogP contribution is -2.52. The highest BCUT2D eigenvalue weighted by atomic mass is 16.2. The zero-order valence-corrected chi connectivity index (χ0v) is 13.7. The Labute approximate surface area is 140 Å². The van der Waals surface area contributed by atoms with Crippen molar-refractivity contribution in [1.29, 1.82) is 0 Å². The Hall–Kier alpha value is -2.47. The summed E-state index contributed by atoms with van der Waals surface area (Å²) in [6.07, 6.45) is 5.32. The van der Waals surface area contributed by atoms with Crippen LogP contribution in [0.5, 0.6) is 0 Å². The number of amides is 1. The summed E-state index contributed by atoms with van der Waals surface area (Å²) in [6, 6.07) is 6.97. The van der Waals surface area contributed by atoms with Crippen LogP contribution in [-0.2, 0) is 0 Å². The molecule has 0 radical (unpaired) electrons. The van der Waals surface area contributed by atoms with Crippen LogP contribution in [0, 0.1) is 5.92 Å². The van der Waals surface area contributed by atoms with Crippen molar-refractivity contribution in [3.63, 3.8) is 0 Å². The predicted molar refractivity (Wildman–Crippen MR) is 92.6 cm³/mol. The van der Waals surface area contributed by atoms with Gasteiger partial charge in [-0.2, -0.15) is 0 Å². The first kappa shape index (κ1) is 16.4. The number of carbonyl (C=O) groups is 1. The van der Waals surface area contributed by atoms with E-state index in [0.29, 0.717) is 24.7 Å². The highest BCUT2D eigenvalue weighted by Gasteiger charge is 2.32. The van der Waals surface area contributed by atoms with Crippen LogP contribution in [0.2, 0.25) is 0 Å². The van der Waals surface area contributed by atoms with Gasteiger partial charge in [0, 0.05) is 42.8 Å². The van der Waals surface area contributed by atoms with E-state index in [4.69, 9.17) is 5.73 Å². The van der Waals surface area contributed by atoms with E-state index < -0.39 is 0 Å². The molecule has 1 saturated heterocycles. The normalized spacial score (nSPS) is 20.8. The number of likely N-dealkylation sites (tertiary alicyclic amines) is 1. The summed E-state index contributed by atoms with van der Waals surface area (Å²) in [7, 11) is 0. The molecule has 6 heteroatoms. The van der Waals surface area contributed by atoms with Gasteiger partial charge in [-0.05, 0) is 43.0 Å². The first-order valence-corrected chi connectivity index (χ1v) is 8.26. The minimum Gasteiger partial charge on any atom is -0.334 e. The summed E-state index contributed by atoms with van der Waals surface area (Å²) in [5.41, 5.74) is 7.17. The molecule has 0 saturated carbocycles. The van der Waals surface area contributed by atoms with Crippen LogP contribution >= 0.6 is 0 Å². The van der Waals surface area contributed by atoms with E-state index in [1.54, 1.807) is 29.4 Å². The number of pyridine rings is 2. The molecule has 1 fully saturated rings. The maximum Gasteiger partial charge on any atom is 0.261 e. The number of nitrogens with one attached hydrogen (secondary N) is 1. The van der Waals surface area contributed by atoms with Crippen molar-refractivity contribution >= 4 is 5.91 Å². The highest BCUT2D eigenvalue weighted by molar-refractivity contribution is 5.94. The van der Waals surface area contributed by atoms with Gasteiger partial charge in [0.15, 0.2) is 0 Å². The lowest BCUT2D eigenvalue weighted by molar-refractivity contribution is 0.0531. The van der Waals surface area contributed by atoms with Gasteiger partial charge in [-0.25, -0.2) is 0 Å². The molecule has 0 spiro atoms. The topological polar surface area (TPSA) is 92.1 Å². The van der Waals surface area contributed by atoms with Crippen molar-refractivity contribution in [2.75, 3.05) is 13.1 Å². The van der Waals surface area contributed by atoms with E-state index in [0.717, 1.165) is 18.4 Å². The molecule has 1 aliphatic heterocycles. The molecule has 3 N–H and O–H groups in total. The third-order valence-electron chi connectivity index (χ3n) is 4.75. The average molecular weight is 326 g/mol. The Bertz CT molecular complexity index is 772. The molecule has 0 aromatic carbocycles. The number of hydrogen-bond acceptors (Lipinski definition) is 4. The fourth-order valence-electron chi connectivity index (χ4n) is 3.36. The molecule has 2 aromatic heterocycles. The number of H-pyrrole nitrogens is 1. The number of aromatic nitrogens is 2. The molecule has 0 bridgehead atoms. The van der Waals surface area contributed by atoms with Gasteiger partial charge < -0.3 is 15.6 Å². The van der Waals surface area contributed by atoms with Crippen molar-refractivity contribution in [1.82, 2.24) is 14.9 Å². The predicted octanol–water partition coefficient (Wildman–Crippen LogP) is 1.64. The van der Waals surface area contributed by atoms with Crippen LogP contribution in [0.25, 0.3) is 11.3 Å². The fraction of sp³-hybridized carbons (Fsp3) is 0.389.